The summed E-state index contributed by atoms with van der Waals surface area (Å²) in [6.07, 6.45) is 0. The van der Waals surface area contributed by atoms with E-state index in [-0.39, 0.29) is 11.7 Å². The molecule has 0 fully saturated rings. The zero-order valence-electron chi connectivity index (χ0n) is 13.1. The lowest BCUT2D eigenvalue weighted by Gasteiger charge is -2.08. The first kappa shape index (κ1) is 15.8. The van der Waals surface area contributed by atoms with Crippen LogP contribution in [0.15, 0.2) is 72.8 Å². The summed E-state index contributed by atoms with van der Waals surface area (Å²) in [5.41, 5.74) is 9.57. The lowest BCUT2D eigenvalue weighted by molar-refractivity contribution is 0.102. The maximum Gasteiger partial charge on any atom is 0.255 e. The molecule has 0 spiro atoms. The molecular weight excluding hydrogens is 300 g/mol. The summed E-state index contributed by atoms with van der Waals surface area (Å²) in [6, 6.07) is 21.7. The standard InChI is InChI=1S/C20H18N2O2/c21-13-14-4-1-8-18(10-14)22-20(24)17-7-2-5-15(11-17)16-6-3-9-19(23)12-16/h1-12,23H,13,21H2,(H,22,24). The minimum absolute atomic E-state index is 0.189. The number of carbonyl (C=O) groups is 1. The van der Waals surface area contributed by atoms with Crippen molar-refractivity contribution in [3.8, 4) is 16.9 Å². The maximum atomic E-state index is 12.5. The van der Waals surface area contributed by atoms with E-state index in [4.69, 9.17) is 5.73 Å². The Bertz CT molecular complexity index is 875. The van der Waals surface area contributed by atoms with Crippen molar-refractivity contribution >= 4 is 11.6 Å². The second-order valence-corrected chi connectivity index (χ2v) is 5.49. The lowest BCUT2D eigenvalue weighted by Crippen LogP contribution is -2.12. The SMILES string of the molecule is NCc1cccc(NC(=O)c2cccc(-c3cccc(O)c3)c2)c1. The third-order valence-electron chi connectivity index (χ3n) is 3.72. The average molecular weight is 318 g/mol. The molecule has 4 nitrogen and oxygen atoms in total. The second-order valence-electron chi connectivity index (χ2n) is 5.49. The van der Waals surface area contributed by atoms with E-state index in [0.29, 0.717) is 17.8 Å². The number of hydrogen-bond donors (Lipinski definition) is 3. The van der Waals surface area contributed by atoms with Gasteiger partial charge in [-0.25, -0.2) is 0 Å². The zero-order valence-corrected chi connectivity index (χ0v) is 13.1. The molecule has 3 rings (SSSR count). The second kappa shape index (κ2) is 6.98. The monoisotopic (exact) mass is 318 g/mol. The van der Waals surface area contributed by atoms with E-state index in [2.05, 4.69) is 5.32 Å². The summed E-state index contributed by atoms with van der Waals surface area (Å²) in [5.74, 6) is 0.00660. The highest BCUT2D eigenvalue weighted by atomic mass is 16.3. The lowest BCUT2D eigenvalue weighted by atomic mass is 10.0. The maximum absolute atomic E-state index is 12.5. The van der Waals surface area contributed by atoms with E-state index in [1.165, 1.54) is 0 Å². The molecule has 0 saturated carbocycles. The van der Waals surface area contributed by atoms with Gasteiger partial charge in [-0.1, -0.05) is 36.4 Å². The van der Waals surface area contributed by atoms with Crippen molar-refractivity contribution in [3.63, 3.8) is 0 Å². The molecule has 3 aromatic carbocycles. The van der Waals surface area contributed by atoms with Crippen LogP contribution < -0.4 is 11.1 Å². The highest BCUT2D eigenvalue weighted by molar-refractivity contribution is 6.05. The van der Waals surface area contributed by atoms with Crippen LogP contribution in [0, 0.1) is 0 Å². The normalized spacial score (nSPS) is 10.4. The van der Waals surface area contributed by atoms with Gasteiger partial charge in [0.2, 0.25) is 0 Å². The smallest absolute Gasteiger partial charge is 0.255 e. The van der Waals surface area contributed by atoms with Crippen LogP contribution in [0.2, 0.25) is 0 Å². The summed E-state index contributed by atoms with van der Waals surface area (Å²) in [7, 11) is 0. The third kappa shape index (κ3) is 3.62. The minimum Gasteiger partial charge on any atom is -0.508 e. The fourth-order valence-corrected chi connectivity index (χ4v) is 2.50. The van der Waals surface area contributed by atoms with Crippen LogP contribution in [0.5, 0.6) is 5.75 Å². The molecule has 24 heavy (non-hydrogen) atoms. The largest absolute Gasteiger partial charge is 0.508 e. The number of hydrogen-bond acceptors (Lipinski definition) is 3. The Balaban J connectivity index is 1.84. The van der Waals surface area contributed by atoms with Crippen molar-refractivity contribution in [2.45, 2.75) is 6.54 Å². The van der Waals surface area contributed by atoms with Gasteiger partial charge in [0.15, 0.2) is 0 Å². The summed E-state index contributed by atoms with van der Waals surface area (Å²) in [4.78, 5) is 12.5. The third-order valence-corrected chi connectivity index (χ3v) is 3.72. The van der Waals surface area contributed by atoms with Gasteiger partial charge < -0.3 is 16.2 Å². The van der Waals surface area contributed by atoms with E-state index in [0.717, 1.165) is 16.7 Å². The Morgan fingerprint density at radius 2 is 1.62 bits per heavy atom. The molecule has 0 aliphatic carbocycles. The molecule has 0 aliphatic rings. The predicted octanol–water partition coefficient (Wildman–Crippen LogP) is 3.77. The fourth-order valence-electron chi connectivity index (χ4n) is 2.50. The van der Waals surface area contributed by atoms with Crippen molar-refractivity contribution in [3.05, 3.63) is 83.9 Å². The molecule has 0 bridgehead atoms. The van der Waals surface area contributed by atoms with Crippen LogP contribution in [0.3, 0.4) is 0 Å². The summed E-state index contributed by atoms with van der Waals surface area (Å²) < 4.78 is 0. The highest BCUT2D eigenvalue weighted by Gasteiger charge is 2.08. The number of nitrogens with two attached hydrogens (primary N) is 1. The summed E-state index contributed by atoms with van der Waals surface area (Å²) in [6.45, 7) is 0.427. The van der Waals surface area contributed by atoms with E-state index in [1.54, 1.807) is 30.3 Å². The van der Waals surface area contributed by atoms with Crippen LogP contribution in [0.25, 0.3) is 11.1 Å². The van der Waals surface area contributed by atoms with E-state index in [9.17, 15) is 9.90 Å². The molecule has 0 radical (unpaired) electrons. The van der Waals surface area contributed by atoms with Gasteiger partial charge in [-0.2, -0.15) is 0 Å². The van der Waals surface area contributed by atoms with Crippen molar-refractivity contribution in [2.75, 3.05) is 5.32 Å². The van der Waals surface area contributed by atoms with Gasteiger partial charge in [-0.3, -0.25) is 4.79 Å². The van der Waals surface area contributed by atoms with Crippen molar-refractivity contribution in [2.24, 2.45) is 5.73 Å². The average Bonchev–Trinajstić information content (AvgIpc) is 2.62. The van der Waals surface area contributed by atoms with Crippen LogP contribution in [0.1, 0.15) is 15.9 Å². The van der Waals surface area contributed by atoms with Crippen LogP contribution in [-0.4, -0.2) is 11.0 Å². The molecule has 4 N–H and O–H groups in total. The van der Waals surface area contributed by atoms with Crippen molar-refractivity contribution in [1.82, 2.24) is 0 Å². The fraction of sp³-hybridized carbons (Fsp3) is 0.0500. The molecule has 0 atom stereocenters. The van der Waals surface area contributed by atoms with Crippen LogP contribution in [-0.2, 0) is 6.54 Å². The molecule has 1 amide bonds. The van der Waals surface area contributed by atoms with Gasteiger partial charge >= 0.3 is 0 Å². The quantitative estimate of drug-likeness (QED) is 0.685. The van der Waals surface area contributed by atoms with E-state index in [1.807, 2.05) is 42.5 Å². The number of nitrogens with one attached hydrogen (secondary N) is 1. The molecule has 0 heterocycles. The number of rotatable bonds is 4. The Morgan fingerprint density at radius 3 is 2.38 bits per heavy atom. The number of anilines is 1. The van der Waals surface area contributed by atoms with Gasteiger partial charge in [-0.15, -0.1) is 0 Å². The number of carbonyl (C=O) groups excluding carboxylic acids is 1. The summed E-state index contributed by atoms with van der Waals surface area (Å²) in [5, 5.41) is 12.5. The van der Waals surface area contributed by atoms with Gasteiger partial charge in [0, 0.05) is 17.8 Å². The molecule has 0 unspecified atom stereocenters. The van der Waals surface area contributed by atoms with Gasteiger partial charge in [0.25, 0.3) is 5.91 Å². The Kier molecular flexibility index (Phi) is 4.59. The Hall–Kier alpha value is -3.11. The molecule has 4 heteroatoms. The topological polar surface area (TPSA) is 75.3 Å². The first-order chi connectivity index (χ1) is 11.7. The van der Waals surface area contributed by atoms with E-state index < -0.39 is 0 Å². The number of phenols is 1. The zero-order chi connectivity index (χ0) is 16.9. The van der Waals surface area contributed by atoms with Crippen molar-refractivity contribution < 1.29 is 9.90 Å². The van der Waals surface area contributed by atoms with Gasteiger partial charge in [0.05, 0.1) is 0 Å². The van der Waals surface area contributed by atoms with Crippen LogP contribution >= 0.6 is 0 Å². The predicted molar refractivity (Wildman–Crippen MR) is 95.8 cm³/mol. The molecular formula is C20H18N2O2. The number of phenolic OH excluding ortho intramolecular Hbond substituents is 1. The Labute approximate surface area is 140 Å². The highest BCUT2D eigenvalue weighted by Crippen LogP contribution is 2.24. The molecule has 120 valence electrons. The first-order valence-corrected chi connectivity index (χ1v) is 7.65. The molecule has 0 saturated heterocycles. The summed E-state index contributed by atoms with van der Waals surface area (Å²) >= 11 is 0. The van der Waals surface area contributed by atoms with Crippen molar-refractivity contribution in [1.29, 1.82) is 0 Å². The number of aromatic hydroxyl groups is 1. The minimum atomic E-state index is -0.189. The molecule has 0 aromatic heterocycles. The van der Waals surface area contributed by atoms with E-state index >= 15 is 0 Å². The Morgan fingerprint density at radius 1 is 0.917 bits per heavy atom. The first-order valence-electron chi connectivity index (χ1n) is 7.65. The number of amides is 1. The van der Waals surface area contributed by atoms with Gasteiger partial charge in [-0.05, 0) is 53.1 Å². The molecule has 0 aliphatic heterocycles. The molecule has 3 aromatic rings. The van der Waals surface area contributed by atoms with Crippen LogP contribution in [0.4, 0.5) is 5.69 Å². The number of benzene rings is 3. The van der Waals surface area contributed by atoms with Gasteiger partial charge in [0.1, 0.15) is 5.75 Å².